The summed E-state index contributed by atoms with van der Waals surface area (Å²) in [5, 5.41) is 2.77. The van der Waals surface area contributed by atoms with Crippen LogP contribution in [0.15, 0.2) is 48.5 Å². The summed E-state index contributed by atoms with van der Waals surface area (Å²) in [6.45, 7) is -3.01. The van der Waals surface area contributed by atoms with E-state index in [1.807, 2.05) is 12.1 Å². The van der Waals surface area contributed by atoms with Crippen LogP contribution in [0.4, 0.5) is 14.5 Å². The Morgan fingerprint density at radius 3 is 2.55 bits per heavy atom. The molecule has 5 nitrogen and oxygen atoms in total. The third kappa shape index (κ3) is 5.70. The smallest absolute Gasteiger partial charge is 0.387 e. The van der Waals surface area contributed by atoms with Crippen molar-refractivity contribution in [2.45, 2.75) is 38.4 Å². The van der Waals surface area contributed by atoms with Crippen LogP contribution in [0.1, 0.15) is 31.2 Å². The molecular formula is C22H23F2NO4. The molecule has 0 aliphatic heterocycles. The molecule has 0 bridgehead atoms. The van der Waals surface area contributed by atoms with Gasteiger partial charge in [0.05, 0.1) is 18.9 Å². The molecule has 29 heavy (non-hydrogen) atoms. The van der Waals surface area contributed by atoms with Gasteiger partial charge < -0.3 is 19.5 Å². The Hall–Kier alpha value is -3.09. The first-order valence-electron chi connectivity index (χ1n) is 9.43. The Morgan fingerprint density at radius 1 is 1.10 bits per heavy atom. The standard InChI is InChI=1S/C22H23F2NO4/c1-27-19-12-6-7-15(21(19)29-22(23)24)13-14-20(26)25-17-10-4-5-11-18(17)28-16-8-2-3-9-16/h4-7,10-14,16,22H,2-3,8-9H2,1H3,(H,25,26). The van der Waals surface area contributed by atoms with E-state index in [0.29, 0.717) is 17.0 Å². The molecule has 1 amide bonds. The van der Waals surface area contributed by atoms with Gasteiger partial charge in [0, 0.05) is 11.6 Å². The SMILES string of the molecule is COc1cccc(C=CC(=O)Nc2ccccc2OC2CCCC2)c1OC(F)F. The summed E-state index contributed by atoms with van der Waals surface area (Å²) in [6, 6.07) is 11.9. The van der Waals surface area contributed by atoms with Gasteiger partial charge in [-0.25, -0.2) is 0 Å². The largest absolute Gasteiger partial charge is 0.493 e. The van der Waals surface area contributed by atoms with E-state index in [4.69, 9.17) is 9.47 Å². The zero-order valence-corrected chi connectivity index (χ0v) is 16.1. The topological polar surface area (TPSA) is 56.8 Å². The molecule has 0 atom stereocenters. The van der Waals surface area contributed by atoms with Gasteiger partial charge in [0.25, 0.3) is 0 Å². The molecule has 1 aliphatic rings. The fourth-order valence-electron chi connectivity index (χ4n) is 3.24. The van der Waals surface area contributed by atoms with Crippen LogP contribution >= 0.6 is 0 Å². The van der Waals surface area contributed by atoms with Gasteiger partial charge in [0.2, 0.25) is 5.91 Å². The van der Waals surface area contributed by atoms with E-state index in [0.717, 1.165) is 25.7 Å². The first kappa shape index (κ1) is 20.6. The number of nitrogens with one attached hydrogen (secondary N) is 1. The predicted molar refractivity (Wildman–Crippen MR) is 107 cm³/mol. The Labute approximate surface area is 168 Å². The number of rotatable bonds is 8. The number of benzene rings is 2. The van der Waals surface area contributed by atoms with E-state index in [2.05, 4.69) is 10.1 Å². The number of anilines is 1. The number of carbonyl (C=O) groups is 1. The number of halogens is 2. The lowest BCUT2D eigenvalue weighted by atomic mass is 10.1. The van der Waals surface area contributed by atoms with Crippen LogP contribution in [-0.4, -0.2) is 25.7 Å². The van der Waals surface area contributed by atoms with Crippen LogP contribution in [-0.2, 0) is 4.79 Å². The highest BCUT2D eigenvalue weighted by Crippen LogP contribution is 2.33. The van der Waals surface area contributed by atoms with Crippen molar-refractivity contribution in [2.75, 3.05) is 12.4 Å². The molecule has 3 rings (SSSR count). The Bertz CT molecular complexity index is 864. The van der Waals surface area contributed by atoms with Crippen LogP contribution in [0.5, 0.6) is 17.2 Å². The zero-order chi connectivity index (χ0) is 20.6. The number of hydrogen-bond acceptors (Lipinski definition) is 4. The van der Waals surface area contributed by atoms with Crippen molar-refractivity contribution in [1.29, 1.82) is 0 Å². The summed E-state index contributed by atoms with van der Waals surface area (Å²) in [4.78, 5) is 12.4. The van der Waals surface area contributed by atoms with Crippen molar-refractivity contribution in [2.24, 2.45) is 0 Å². The van der Waals surface area contributed by atoms with Gasteiger partial charge in [-0.2, -0.15) is 8.78 Å². The minimum absolute atomic E-state index is 0.126. The molecule has 0 radical (unpaired) electrons. The summed E-state index contributed by atoms with van der Waals surface area (Å²) >= 11 is 0. The minimum Gasteiger partial charge on any atom is -0.493 e. The van der Waals surface area contributed by atoms with Crippen LogP contribution in [0.2, 0.25) is 0 Å². The van der Waals surface area contributed by atoms with Gasteiger partial charge in [-0.05, 0) is 50.0 Å². The van der Waals surface area contributed by atoms with E-state index >= 15 is 0 Å². The van der Waals surface area contributed by atoms with Gasteiger partial charge in [0.1, 0.15) is 5.75 Å². The van der Waals surface area contributed by atoms with E-state index in [1.165, 1.54) is 25.3 Å². The lowest BCUT2D eigenvalue weighted by Crippen LogP contribution is -2.14. The minimum atomic E-state index is -3.01. The van der Waals surface area contributed by atoms with Crippen molar-refractivity contribution in [3.63, 3.8) is 0 Å². The Morgan fingerprint density at radius 2 is 1.83 bits per heavy atom. The predicted octanol–water partition coefficient (Wildman–Crippen LogP) is 5.27. The first-order chi connectivity index (χ1) is 14.1. The summed E-state index contributed by atoms with van der Waals surface area (Å²) in [7, 11) is 1.36. The average molecular weight is 403 g/mol. The van der Waals surface area contributed by atoms with Gasteiger partial charge in [0.15, 0.2) is 11.5 Å². The maximum atomic E-state index is 12.7. The quantitative estimate of drug-likeness (QED) is 0.610. The number of methoxy groups -OCH3 is 1. The van der Waals surface area contributed by atoms with E-state index in [-0.39, 0.29) is 17.6 Å². The fraction of sp³-hybridized carbons (Fsp3) is 0.318. The summed E-state index contributed by atoms with van der Waals surface area (Å²) < 4.78 is 41.1. The number of alkyl halides is 2. The maximum Gasteiger partial charge on any atom is 0.387 e. The third-order valence-corrected chi connectivity index (χ3v) is 4.59. The van der Waals surface area contributed by atoms with Crippen LogP contribution in [0.3, 0.4) is 0 Å². The van der Waals surface area contributed by atoms with Gasteiger partial charge in [-0.3, -0.25) is 4.79 Å². The monoisotopic (exact) mass is 403 g/mol. The fourth-order valence-corrected chi connectivity index (χ4v) is 3.24. The molecule has 0 unspecified atom stereocenters. The molecule has 0 heterocycles. The summed E-state index contributed by atoms with van der Waals surface area (Å²) in [5.41, 5.74) is 0.860. The van der Waals surface area contributed by atoms with Crippen LogP contribution in [0, 0.1) is 0 Å². The number of carbonyl (C=O) groups excluding carboxylic acids is 1. The molecule has 0 aromatic heterocycles. The average Bonchev–Trinajstić information content (AvgIpc) is 3.21. The van der Waals surface area contributed by atoms with E-state index in [9.17, 15) is 13.6 Å². The molecule has 0 saturated heterocycles. The first-order valence-corrected chi connectivity index (χ1v) is 9.43. The van der Waals surface area contributed by atoms with E-state index in [1.54, 1.807) is 24.3 Å². The second kappa shape index (κ2) is 9.91. The Kier molecular flexibility index (Phi) is 7.05. The van der Waals surface area contributed by atoms with Crippen LogP contribution in [0.25, 0.3) is 6.08 Å². The number of ether oxygens (including phenoxy) is 3. The highest BCUT2D eigenvalue weighted by atomic mass is 19.3. The highest BCUT2D eigenvalue weighted by Gasteiger charge is 2.18. The van der Waals surface area contributed by atoms with Gasteiger partial charge >= 0.3 is 6.61 Å². The van der Waals surface area contributed by atoms with Crippen molar-refractivity contribution in [1.82, 2.24) is 0 Å². The molecule has 0 spiro atoms. The molecular weight excluding hydrogens is 380 g/mol. The van der Waals surface area contributed by atoms with Crippen molar-refractivity contribution in [3.05, 3.63) is 54.1 Å². The normalized spacial score (nSPS) is 14.3. The van der Waals surface area contributed by atoms with Crippen molar-refractivity contribution >= 4 is 17.7 Å². The summed E-state index contributed by atoms with van der Waals surface area (Å²) in [5.74, 6) is 0.227. The maximum absolute atomic E-state index is 12.7. The second-order valence-corrected chi connectivity index (χ2v) is 6.60. The molecule has 2 aromatic rings. The van der Waals surface area contributed by atoms with Crippen LogP contribution < -0.4 is 19.5 Å². The molecule has 2 aromatic carbocycles. The highest BCUT2D eigenvalue weighted by molar-refractivity contribution is 6.03. The number of para-hydroxylation sites is 3. The molecule has 1 aliphatic carbocycles. The Balaban J connectivity index is 1.72. The van der Waals surface area contributed by atoms with Crippen molar-refractivity contribution < 1.29 is 27.8 Å². The van der Waals surface area contributed by atoms with Crippen molar-refractivity contribution in [3.8, 4) is 17.2 Å². The molecule has 154 valence electrons. The summed E-state index contributed by atoms with van der Waals surface area (Å²) in [6.07, 6.45) is 7.11. The molecule has 1 N–H and O–H groups in total. The second-order valence-electron chi connectivity index (χ2n) is 6.60. The lowest BCUT2D eigenvalue weighted by Gasteiger charge is -2.16. The number of amides is 1. The molecule has 7 heteroatoms. The molecule has 1 fully saturated rings. The molecule has 1 saturated carbocycles. The lowest BCUT2D eigenvalue weighted by molar-refractivity contribution is -0.111. The number of hydrogen-bond donors (Lipinski definition) is 1. The van der Waals surface area contributed by atoms with Gasteiger partial charge in [-0.1, -0.05) is 24.3 Å². The zero-order valence-electron chi connectivity index (χ0n) is 16.1. The van der Waals surface area contributed by atoms with Gasteiger partial charge in [-0.15, -0.1) is 0 Å². The van der Waals surface area contributed by atoms with E-state index < -0.39 is 12.5 Å². The third-order valence-electron chi connectivity index (χ3n) is 4.59.